The van der Waals surface area contributed by atoms with E-state index in [1.54, 1.807) is 0 Å². The lowest BCUT2D eigenvalue weighted by atomic mass is 9.98. The van der Waals surface area contributed by atoms with Crippen molar-refractivity contribution in [3.8, 4) is 5.75 Å². The van der Waals surface area contributed by atoms with Crippen molar-refractivity contribution in [2.45, 2.75) is 58.3 Å². The monoisotopic (exact) mass is 287 g/mol. The molecule has 0 radical (unpaired) electrons. The normalized spacial score (nSPS) is 13.8. The molecule has 1 aromatic carbocycles. The smallest absolute Gasteiger partial charge is 0.119 e. The van der Waals surface area contributed by atoms with Crippen molar-refractivity contribution in [1.82, 2.24) is 0 Å². The number of nitrogens with two attached hydrogens (primary N) is 1. The van der Waals surface area contributed by atoms with Gasteiger partial charge < -0.3 is 15.6 Å². The minimum Gasteiger partial charge on any atom is -0.491 e. The van der Waals surface area contributed by atoms with Crippen LogP contribution in [0.5, 0.6) is 5.75 Å². The third kappa shape index (κ3) is 6.28. The van der Waals surface area contributed by atoms with E-state index in [1.807, 2.05) is 38.1 Å². The van der Waals surface area contributed by atoms with Gasteiger partial charge in [-0.25, -0.2) is 0 Å². The maximum absolute atomic E-state index is 9.96. The summed E-state index contributed by atoms with van der Waals surface area (Å²) in [6, 6.07) is 7.35. The number of rotatable bonds is 7. The Balaban J connectivity index is 0.00000324. The van der Waals surface area contributed by atoms with Gasteiger partial charge in [-0.3, -0.25) is 0 Å². The zero-order chi connectivity index (χ0) is 13.5. The molecule has 0 aromatic heterocycles. The van der Waals surface area contributed by atoms with Crippen molar-refractivity contribution in [3.05, 3.63) is 29.8 Å². The van der Waals surface area contributed by atoms with Crippen LogP contribution in [0.3, 0.4) is 0 Å². The van der Waals surface area contributed by atoms with Crippen LogP contribution in [0.25, 0.3) is 0 Å². The van der Waals surface area contributed by atoms with Gasteiger partial charge in [0.05, 0.1) is 18.2 Å². The first-order valence-corrected chi connectivity index (χ1v) is 6.74. The first kappa shape index (κ1) is 18.2. The first-order chi connectivity index (χ1) is 8.54. The van der Waals surface area contributed by atoms with Gasteiger partial charge in [-0.15, -0.1) is 12.4 Å². The standard InChI is InChI=1S/C15H25NO2.ClH/c1-4-5-6-14(17)15(16)12-7-9-13(10-8-12)18-11(2)3;/h7-11,14-15,17H,4-6,16H2,1-3H3;1H/t14-,15+;/m1./s1. The zero-order valence-corrected chi connectivity index (χ0v) is 12.8. The molecule has 0 aliphatic heterocycles. The van der Waals surface area contributed by atoms with Crippen LogP contribution in [0.2, 0.25) is 0 Å². The minimum absolute atomic E-state index is 0. The van der Waals surface area contributed by atoms with Crippen LogP contribution in [-0.4, -0.2) is 17.3 Å². The van der Waals surface area contributed by atoms with Crippen LogP contribution in [0, 0.1) is 0 Å². The number of halogens is 1. The second-order valence-corrected chi connectivity index (χ2v) is 4.97. The molecule has 1 aromatic rings. The molecule has 19 heavy (non-hydrogen) atoms. The Morgan fingerprint density at radius 3 is 2.26 bits per heavy atom. The second-order valence-electron chi connectivity index (χ2n) is 4.97. The highest BCUT2D eigenvalue weighted by atomic mass is 35.5. The molecule has 0 spiro atoms. The highest BCUT2D eigenvalue weighted by Gasteiger charge is 2.16. The van der Waals surface area contributed by atoms with E-state index in [0.717, 1.165) is 30.6 Å². The van der Waals surface area contributed by atoms with Crippen molar-refractivity contribution in [2.24, 2.45) is 5.73 Å². The molecule has 0 saturated carbocycles. The Hall–Kier alpha value is -0.770. The van der Waals surface area contributed by atoms with Crippen molar-refractivity contribution < 1.29 is 9.84 Å². The fourth-order valence-corrected chi connectivity index (χ4v) is 1.86. The molecule has 0 saturated heterocycles. The summed E-state index contributed by atoms with van der Waals surface area (Å²) in [7, 11) is 0. The molecule has 2 atom stereocenters. The number of benzene rings is 1. The Labute approximate surface area is 122 Å². The summed E-state index contributed by atoms with van der Waals surface area (Å²) in [6.45, 7) is 6.10. The highest BCUT2D eigenvalue weighted by molar-refractivity contribution is 5.85. The molecule has 1 rings (SSSR count). The maximum Gasteiger partial charge on any atom is 0.119 e. The Kier molecular flexibility index (Phi) is 8.81. The summed E-state index contributed by atoms with van der Waals surface area (Å²) in [5.41, 5.74) is 6.99. The van der Waals surface area contributed by atoms with E-state index >= 15 is 0 Å². The van der Waals surface area contributed by atoms with Gasteiger partial charge in [-0.2, -0.15) is 0 Å². The summed E-state index contributed by atoms with van der Waals surface area (Å²) in [4.78, 5) is 0. The summed E-state index contributed by atoms with van der Waals surface area (Å²) in [5, 5.41) is 9.96. The largest absolute Gasteiger partial charge is 0.491 e. The van der Waals surface area contributed by atoms with Crippen LogP contribution < -0.4 is 10.5 Å². The molecule has 0 aliphatic rings. The summed E-state index contributed by atoms with van der Waals surface area (Å²) in [5.74, 6) is 0.837. The van der Waals surface area contributed by atoms with Crippen molar-refractivity contribution in [2.75, 3.05) is 0 Å². The molecule has 0 bridgehead atoms. The van der Waals surface area contributed by atoms with Gasteiger partial charge in [0.1, 0.15) is 5.75 Å². The predicted octanol–water partition coefficient (Wildman–Crippen LogP) is 3.45. The maximum atomic E-state index is 9.96. The van der Waals surface area contributed by atoms with E-state index < -0.39 is 6.10 Å². The predicted molar refractivity (Wildman–Crippen MR) is 81.9 cm³/mol. The summed E-state index contributed by atoms with van der Waals surface area (Å²) < 4.78 is 5.57. The molecule has 0 heterocycles. The van der Waals surface area contributed by atoms with Gasteiger partial charge in [0.15, 0.2) is 0 Å². The average molecular weight is 288 g/mol. The van der Waals surface area contributed by atoms with Crippen molar-refractivity contribution in [3.63, 3.8) is 0 Å². The fraction of sp³-hybridized carbons (Fsp3) is 0.600. The molecule has 0 fully saturated rings. The first-order valence-electron chi connectivity index (χ1n) is 6.74. The van der Waals surface area contributed by atoms with Crippen LogP contribution in [0.1, 0.15) is 51.6 Å². The molecule has 4 heteroatoms. The fourth-order valence-electron chi connectivity index (χ4n) is 1.86. The van der Waals surface area contributed by atoms with Crippen LogP contribution in [-0.2, 0) is 0 Å². The number of ether oxygens (including phenoxy) is 1. The lowest BCUT2D eigenvalue weighted by Gasteiger charge is -2.19. The highest BCUT2D eigenvalue weighted by Crippen LogP contribution is 2.21. The van der Waals surface area contributed by atoms with Gasteiger partial charge in [0.2, 0.25) is 0 Å². The Morgan fingerprint density at radius 2 is 1.79 bits per heavy atom. The summed E-state index contributed by atoms with van der Waals surface area (Å²) in [6.07, 6.45) is 2.53. The van der Waals surface area contributed by atoms with Crippen LogP contribution >= 0.6 is 12.4 Å². The third-order valence-electron chi connectivity index (χ3n) is 2.90. The van der Waals surface area contributed by atoms with Gasteiger partial charge in [-0.1, -0.05) is 31.9 Å². The molecule has 0 unspecified atom stereocenters. The van der Waals surface area contributed by atoms with Crippen molar-refractivity contribution in [1.29, 1.82) is 0 Å². The quantitative estimate of drug-likeness (QED) is 0.808. The minimum atomic E-state index is -0.471. The number of unbranched alkanes of at least 4 members (excludes halogenated alkanes) is 1. The van der Waals surface area contributed by atoms with Gasteiger partial charge in [0.25, 0.3) is 0 Å². The Morgan fingerprint density at radius 1 is 1.21 bits per heavy atom. The van der Waals surface area contributed by atoms with Gasteiger partial charge in [0, 0.05) is 0 Å². The molecular formula is C15H26ClNO2. The van der Waals surface area contributed by atoms with E-state index in [0.29, 0.717) is 0 Å². The van der Waals surface area contributed by atoms with Gasteiger partial charge >= 0.3 is 0 Å². The van der Waals surface area contributed by atoms with E-state index in [-0.39, 0.29) is 24.6 Å². The van der Waals surface area contributed by atoms with Gasteiger partial charge in [-0.05, 0) is 38.0 Å². The van der Waals surface area contributed by atoms with Crippen LogP contribution in [0.15, 0.2) is 24.3 Å². The van der Waals surface area contributed by atoms with E-state index in [9.17, 15) is 5.11 Å². The van der Waals surface area contributed by atoms with E-state index in [2.05, 4.69) is 6.92 Å². The number of aliphatic hydroxyl groups excluding tert-OH is 1. The molecular weight excluding hydrogens is 262 g/mol. The van der Waals surface area contributed by atoms with Crippen LogP contribution in [0.4, 0.5) is 0 Å². The van der Waals surface area contributed by atoms with E-state index in [4.69, 9.17) is 10.5 Å². The van der Waals surface area contributed by atoms with E-state index in [1.165, 1.54) is 0 Å². The molecule has 3 nitrogen and oxygen atoms in total. The number of hydrogen-bond acceptors (Lipinski definition) is 3. The molecule has 0 aliphatic carbocycles. The lowest BCUT2D eigenvalue weighted by Crippen LogP contribution is -2.26. The molecule has 110 valence electrons. The zero-order valence-electron chi connectivity index (χ0n) is 12.0. The second kappa shape index (κ2) is 9.18. The SMILES string of the molecule is CCCC[C@@H](O)[C@@H](N)c1ccc(OC(C)C)cc1.Cl. The average Bonchev–Trinajstić information content (AvgIpc) is 2.35. The topological polar surface area (TPSA) is 55.5 Å². The number of hydrogen-bond donors (Lipinski definition) is 2. The third-order valence-corrected chi connectivity index (χ3v) is 2.90. The lowest BCUT2D eigenvalue weighted by molar-refractivity contribution is 0.132. The Bertz CT molecular complexity index is 341. The number of aliphatic hydroxyl groups is 1. The van der Waals surface area contributed by atoms with Crippen molar-refractivity contribution >= 4 is 12.4 Å². The molecule has 3 N–H and O–H groups in total. The summed E-state index contributed by atoms with van der Waals surface area (Å²) >= 11 is 0. The molecule has 0 amide bonds.